The smallest absolute Gasteiger partial charge is 0.244 e. The van der Waals surface area contributed by atoms with Crippen molar-refractivity contribution in [3.05, 3.63) is 137 Å². The molecule has 0 radical (unpaired) electrons. The van der Waals surface area contributed by atoms with Gasteiger partial charge in [0.25, 0.3) is 0 Å². The van der Waals surface area contributed by atoms with E-state index < -0.39 is 21.3 Å². The SMILES string of the molecule is Cc1cc(C)c(S(=O)(=O)N(Cc2ccccc2)[C@H](C)[C@@H](SC(=O)COCc2ccccc2)c2ccccc2)c(C)c1. The summed E-state index contributed by atoms with van der Waals surface area (Å²) in [6, 6.07) is 32.2. The molecule has 4 aromatic rings. The summed E-state index contributed by atoms with van der Waals surface area (Å²) < 4.78 is 36.3. The van der Waals surface area contributed by atoms with Crippen LogP contribution in [0.3, 0.4) is 0 Å². The highest BCUT2D eigenvalue weighted by atomic mass is 32.2. The van der Waals surface area contributed by atoms with Gasteiger partial charge in [-0.05, 0) is 55.5 Å². The van der Waals surface area contributed by atoms with Gasteiger partial charge in [-0.3, -0.25) is 4.79 Å². The van der Waals surface area contributed by atoms with Gasteiger partial charge >= 0.3 is 0 Å². The van der Waals surface area contributed by atoms with E-state index in [1.165, 1.54) is 0 Å². The minimum Gasteiger partial charge on any atom is -0.368 e. The summed E-state index contributed by atoms with van der Waals surface area (Å²) in [5, 5.41) is -0.602. The van der Waals surface area contributed by atoms with E-state index in [4.69, 9.17) is 4.74 Å². The van der Waals surface area contributed by atoms with Gasteiger partial charge in [0.2, 0.25) is 15.1 Å². The normalized spacial score (nSPS) is 13.2. The van der Waals surface area contributed by atoms with Crippen LogP contribution in [0, 0.1) is 20.8 Å². The molecule has 7 heteroatoms. The van der Waals surface area contributed by atoms with Gasteiger partial charge in [-0.25, -0.2) is 8.42 Å². The van der Waals surface area contributed by atoms with E-state index in [1.807, 2.05) is 131 Å². The topological polar surface area (TPSA) is 63.7 Å². The predicted octanol–water partition coefficient (Wildman–Crippen LogP) is 7.41. The lowest BCUT2D eigenvalue weighted by atomic mass is 10.1. The minimum absolute atomic E-state index is 0.0722. The van der Waals surface area contributed by atoms with E-state index in [0.29, 0.717) is 22.6 Å². The van der Waals surface area contributed by atoms with Crippen LogP contribution in [-0.2, 0) is 32.7 Å². The highest BCUT2D eigenvalue weighted by Gasteiger charge is 2.37. The average molecular weight is 588 g/mol. The number of thioether (sulfide) groups is 1. The highest BCUT2D eigenvalue weighted by Crippen LogP contribution is 2.39. The van der Waals surface area contributed by atoms with E-state index >= 15 is 0 Å². The number of benzene rings is 4. The number of hydrogen-bond acceptors (Lipinski definition) is 5. The Kier molecular flexibility index (Phi) is 10.6. The maximum Gasteiger partial charge on any atom is 0.244 e. The molecule has 0 aliphatic rings. The summed E-state index contributed by atoms with van der Waals surface area (Å²) in [5.74, 6) is 0. The molecule has 0 aliphatic carbocycles. The van der Waals surface area contributed by atoms with Crippen LogP contribution in [0.1, 0.15) is 45.6 Å². The summed E-state index contributed by atoms with van der Waals surface area (Å²) in [4.78, 5) is 13.6. The first-order valence-electron chi connectivity index (χ1n) is 13.7. The molecule has 0 spiro atoms. The maximum atomic E-state index is 14.5. The van der Waals surface area contributed by atoms with Gasteiger partial charge in [-0.15, -0.1) is 0 Å². The van der Waals surface area contributed by atoms with Crippen molar-refractivity contribution in [1.82, 2.24) is 4.31 Å². The zero-order valence-corrected chi connectivity index (χ0v) is 25.6. The zero-order chi connectivity index (χ0) is 29.4. The van der Waals surface area contributed by atoms with E-state index in [9.17, 15) is 13.2 Å². The Morgan fingerprint density at radius 2 is 1.32 bits per heavy atom. The molecule has 0 aliphatic heterocycles. The fourth-order valence-electron chi connectivity index (χ4n) is 5.14. The molecule has 0 aromatic heterocycles. The number of carbonyl (C=O) groups excluding carboxylic acids is 1. The van der Waals surface area contributed by atoms with Crippen LogP contribution >= 0.6 is 11.8 Å². The summed E-state index contributed by atoms with van der Waals surface area (Å²) in [7, 11) is -3.94. The molecule has 41 heavy (non-hydrogen) atoms. The van der Waals surface area contributed by atoms with Crippen LogP contribution in [-0.4, -0.2) is 30.5 Å². The van der Waals surface area contributed by atoms with Crippen molar-refractivity contribution in [1.29, 1.82) is 0 Å². The average Bonchev–Trinajstić information content (AvgIpc) is 2.95. The van der Waals surface area contributed by atoms with Gasteiger partial charge in [0.15, 0.2) is 0 Å². The lowest BCUT2D eigenvalue weighted by Gasteiger charge is -2.34. The van der Waals surface area contributed by atoms with Crippen LogP contribution in [0.25, 0.3) is 0 Å². The second-order valence-corrected chi connectivity index (χ2v) is 13.3. The van der Waals surface area contributed by atoms with Gasteiger partial charge in [-0.2, -0.15) is 4.31 Å². The standard InChI is InChI=1S/C34H37NO4S2/c1-25-20-26(2)34(27(3)21-25)41(37,38)35(22-29-14-8-5-9-15-29)28(4)33(31-18-12-7-13-19-31)40-32(36)24-39-23-30-16-10-6-11-17-30/h5-21,28,33H,22-24H2,1-4H3/t28-,33-/m1/s1. The van der Waals surface area contributed by atoms with Crippen molar-refractivity contribution < 1.29 is 17.9 Å². The monoisotopic (exact) mass is 587 g/mol. The van der Waals surface area contributed by atoms with Crippen LogP contribution in [0.2, 0.25) is 0 Å². The van der Waals surface area contributed by atoms with Gasteiger partial charge in [0.1, 0.15) is 6.61 Å². The fraction of sp³-hybridized carbons (Fsp3) is 0.265. The van der Waals surface area contributed by atoms with Gasteiger partial charge in [-0.1, -0.05) is 120 Å². The highest BCUT2D eigenvalue weighted by molar-refractivity contribution is 8.14. The lowest BCUT2D eigenvalue weighted by molar-refractivity contribution is -0.115. The molecule has 214 valence electrons. The van der Waals surface area contributed by atoms with Crippen LogP contribution in [0.15, 0.2) is 108 Å². The second kappa shape index (κ2) is 14.1. The molecule has 0 heterocycles. The Bertz CT molecular complexity index is 1520. The van der Waals surface area contributed by atoms with Crippen LogP contribution in [0.5, 0.6) is 0 Å². The molecule has 0 N–H and O–H groups in total. The third-order valence-electron chi connectivity index (χ3n) is 6.96. The lowest BCUT2D eigenvalue weighted by Crippen LogP contribution is -2.41. The maximum absolute atomic E-state index is 14.5. The molecule has 0 amide bonds. The second-order valence-electron chi connectivity index (χ2n) is 10.3. The molecule has 0 saturated carbocycles. The van der Waals surface area contributed by atoms with Gasteiger partial charge in [0.05, 0.1) is 16.8 Å². The van der Waals surface area contributed by atoms with Crippen molar-refractivity contribution in [3.63, 3.8) is 0 Å². The molecule has 2 atom stereocenters. The van der Waals surface area contributed by atoms with E-state index in [0.717, 1.165) is 34.0 Å². The van der Waals surface area contributed by atoms with Gasteiger partial charge < -0.3 is 4.74 Å². The first kappa shape index (κ1) is 30.7. The third-order valence-corrected chi connectivity index (χ3v) is 10.5. The molecular weight excluding hydrogens is 551 g/mol. The van der Waals surface area contributed by atoms with Crippen LogP contribution < -0.4 is 0 Å². The number of ether oxygens (including phenoxy) is 1. The zero-order valence-electron chi connectivity index (χ0n) is 24.0. The molecule has 0 unspecified atom stereocenters. The van der Waals surface area contributed by atoms with E-state index in [2.05, 4.69) is 0 Å². The Labute approximate surface area is 248 Å². The van der Waals surface area contributed by atoms with Gasteiger partial charge in [0, 0.05) is 12.6 Å². The molecule has 0 fully saturated rings. The Balaban J connectivity index is 1.68. The van der Waals surface area contributed by atoms with Crippen molar-refractivity contribution in [3.8, 4) is 0 Å². The Morgan fingerprint density at radius 3 is 1.88 bits per heavy atom. The molecule has 0 bridgehead atoms. The number of aryl methyl sites for hydroxylation is 3. The van der Waals surface area contributed by atoms with Crippen molar-refractivity contribution in [2.75, 3.05) is 6.61 Å². The predicted molar refractivity (Wildman–Crippen MR) is 167 cm³/mol. The molecule has 4 rings (SSSR count). The summed E-state index contributed by atoms with van der Waals surface area (Å²) >= 11 is 1.13. The quantitative estimate of drug-likeness (QED) is 0.173. The summed E-state index contributed by atoms with van der Waals surface area (Å²) in [6.45, 7) is 7.98. The number of hydrogen-bond donors (Lipinski definition) is 0. The largest absolute Gasteiger partial charge is 0.368 e. The number of nitrogens with zero attached hydrogens (tertiary/aromatic N) is 1. The third kappa shape index (κ3) is 7.95. The first-order valence-corrected chi connectivity index (χ1v) is 16.0. The molecule has 0 saturated heterocycles. The molecule has 5 nitrogen and oxygen atoms in total. The Hall–Kier alpha value is -3.23. The molecular formula is C34H37NO4S2. The van der Waals surface area contributed by atoms with E-state index in [1.54, 1.807) is 4.31 Å². The molecule has 4 aromatic carbocycles. The first-order chi connectivity index (χ1) is 19.7. The van der Waals surface area contributed by atoms with Crippen molar-refractivity contribution in [2.45, 2.75) is 57.0 Å². The number of sulfonamides is 1. The van der Waals surface area contributed by atoms with E-state index in [-0.39, 0.29) is 18.3 Å². The van der Waals surface area contributed by atoms with Crippen molar-refractivity contribution in [2.24, 2.45) is 0 Å². The summed E-state index contributed by atoms with van der Waals surface area (Å²) in [6.07, 6.45) is 0. The number of carbonyl (C=O) groups is 1. The summed E-state index contributed by atoms with van der Waals surface area (Å²) in [5.41, 5.74) is 5.18. The fourth-order valence-corrected chi connectivity index (χ4v) is 8.34. The minimum atomic E-state index is -3.94. The number of rotatable bonds is 12. The van der Waals surface area contributed by atoms with Crippen LogP contribution in [0.4, 0.5) is 0 Å². The van der Waals surface area contributed by atoms with Crippen molar-refractivity contribution >= 4 is 26.9 Å². The Morgan fingerprint density at radius 1 is 0.805 bits per heavy atom.